The van der Waals surface area contributed by atoms with Gasteiger partial charge in [0.15, 0.2) is 11.7 Å². The lowest BCUT2D eigenvalue weighted by Crippen LogP contribution is -2.19. The van der Waals surface area contributed by atoms with Crippen LogP contribution in [0, 0.1) is 0 Å². The summed E-state index contributed by atoms with van der Waals surface area (Å²) in [6, 6.07) is 15.4. The highest BCUT2D eigenvalue weighted by atomic mass is 32.1. The molecule has 3 aromatic rings. The van der Waals surface area contributed by atoms with E-state index in [0.717, 1.165) is 16.6 Å². The van der Waals surface area contributed by atoms with Crippen molar-refractivity contribution in [3.05, 3.63) is 54.1 Å². The minimum Gasteiger partial charge on any atom is -0.484 e. The normalized spacial score (nSPS) is 10.6. The van der Waals surface area contributed by atoms with Crippen LogP contribution in [0.4, 0.5) is 5.13 Å². The summed E-state index contributed by atoms with van der Waals surface area (Å²) in [6.45, 7) is 2.07. The number of thiazole rings is 1. The molecule has 0 fully saturated rings. The lowest BCUT2D eigenvalue weighted by Gasteiger charge is -2.05. The molecule has 0 aliphatic heterocycles. The fraction of sp³-hybridized carbons (Fsp3) is 0.176. The fourth-order valence-electron chi connectivity index (χ4n) is 2.17. The van der Waals surface area contributed by atoms with Gasteiger partial charge < -0.3 is 4.74 Å². The Labute approximate surface area is 132 Å². The summed E-state index contributed by atoms with van der Waals surface area (Å²) >= 11 is 1.48. The van der Waals surface area contributed by atoms with E-state index in [1.165, 1.54) is 16.9 Å². The van der Waals surface area contributed by atoms with E-state index < -0.39 is 0 Å². The Bertz CT molecular complexity index is 784. The Morgan fingerprint density at radius 2 is 2.00 bits per heavy atom. The average molecular weight is 312 g/mol. The molecule has 0 radical (unpaired) electrons. The fourth-order valence-corrected chi connectivity index (χ4v) is 3.10. The molecule has 0 spiro atoms. The third-order valence-electron chi connectivity index (χ3n) is 3.24. The second kappa shape index (κ2) is 6.58. The van der Waals surface area contributed by atoms with Crippen molar-refractivity contribution in [2.75, 3.05) is 11.9 Å². The molecule has 22 heavy (non-hydrogen) atoms. The Morgan fingerprint density at radius 1 is 1.18 bits per heavy atom. The average Bonchev–Trinajstić information content (AvgIpc) is 2.96. The van der Waals surface area contributed by atoms with Gasteiger partial charge in [-0.3, -0.25) is 10.1 Å². The highest BCUT2D eigenvalue weighted by Gasteiger charge is 2.10. The molecule has 1 aromatic heterocycles. The Balaban J connectivity index is 1.66. The van der Waals surface area contributed by atoms with Gasteiger partial charge in [-0.15, -0.1) is 0 Å². The Morgan fingerprint density at radius 3 is 2.77 bits per heavy atom. The maximum atomic E-state index is 11.9. The quantitative estimate of drug-likeness (QED) is 0.778. The molecule has 0 saturated heterocycles. The number of amides is 1. The summed E-state index contributed by atoms with van der Waals surface area (Å²) in [7, 11) is 0. The molecule has 1 heterocycles. The number of carbonyl (C=O) groups is 1. The van der Waals surface area contributed by atoms with Crippen molar-refractivity contribution >= 4 is 32.6 Å². The van der Waals surface area contributed by atoms with Crippen LogP contribution in [0.15, 0.2) is 48.5 Å². The largest absolute Gasteiger partial charge is 0.484 e. The van der Waals surface area contributed by atoms with Gasteiger partial charge in [-0.2, -0.15) is 0 Å². The molecule has 0 atom stereocenters. The second-order valence-electron chi connectivity index (χ2n) is 4.79. The van der Waals surface area contributed by atoms with Crippen LogP contribution in [0.5, 0.6) is 5.75 Å². The maximum Gasteiger partial charge on any atom is 0.264 e. The van der Waals surface area contributed by atoms with E-state index in [1.807, 2.05) is 42.5 Å². The van der Waals surface area contributed by atoms with Gasteiger partial charge in [0.25, 0.3) is 5.91 Å². The van der Waals surface area contributed by atoms with Crippen LogP contribution in [0.1, 0.15) is 12.5 Å². The van der Waals surface area contributed by atoms with E-state index >= 15 is 0 Å². The summed E-state index contributed by atoms with van der Waals surface area (Å²) in [5.41, 5.74) is 2.16. The van der Waals surface area contributed by atoms with E-state index in [9.17, 15) is 4.79 Å². The van der Waals surface area contributed by atoms with Gasteiger partial charge in [0.1, 0.15) is 5.75 Å². The zero-order valence-corrected chi connectivity index (χ0v) is 13.0. The molecule has 5 heteroatoms. The predicted molar refractivity (Wildman–Crippen MR) is 89.6 cm³/mol. The van der Waals surface area contributed by atoms with Gasteiger partial charge >= 0.3 is 0 Å². The molecule has 0 aliphatic carbocycles. The predicted octanol–water partition coefficient (Wildman–Crippen LogP) is 3.88. The van der Waals surface area contributed by atoms with Gasteiger partial charge in [0.2, 0.25) is 0 Å². The van der Waals surface area contributed by atoms with Crippen molar-refractivity contribution in [1.29, 1.82) is 0 Å². The Hall–Kier alpha value is -2.40. The molecule has 1 N–H and O–H groups in total. The first-order valence-electron chi connectivity index (χ1n) is 7.12. The lowest BCUT2D eigenvalue weighted by molar-refractivity contribution is -0.118. The van der Waals surface area contributed by atoms with Crippen molar-refractivity contribution in [2.45, 2.75) is 13.3 Å². The number of hydrogen-bond acceptors (Lipinski definition) is 4. The first-order chi connectivity index (χ1) is 10.8. The van der Waals surface area contributed by atoms with Crippen molar-refractivity contribution in [3.63, 3.8) is 0 Å². The minimum absolute atomic E-state index is 0.0272. The number of rotatable bonds is 5. The molecule has 0 bridgehead atoms. The molecule has 0 saturated carbocycles. The first-order valence-corrected chi connectivity index (χ1v) is 7.94. The number of aryl methyl sites for hydroxylation is 1. The topological polar surface area (TPSA) is 51.2 Å². The third kappa shape index (κ3) is 3.26. The van der Waals surface area contributed by atoms with Crippen LogP contribution in [-0.2, 0) is 11.2 Å². The zero-order chi connectivity index (χ0) is 15.4. The van der Waals surface area contributed by atoms with Gasteiger partial charge in [-0.1, -0.05) is 48.6 Å². The number of benzene rings is 2. The number of anilines is 1. The smallest absolute Gasteiger partial charge is 0.264 e. The molecule has 1 amide bonds. The Kier molecular flexibility index (Phi) is 4.34. The lowest BCUT2D eigenvalue weighted by atomic mass is 10.1. The van der Waals surface area contributed by atoms with Crippen LogP contribution >= 0.6 is 11.3 Å². The number of aromatic nitrogens is 1. The summed E-state index contributed by atoms with van der Waals surface area (Å²) in [5, 5.41) is 3.41. The van der Waals surface area contributed by atoms with Gasteiger partial charge in [0.05, 0.1) is 10.2 Å². The summed E-state index contributed by atoms with van der Waals surface area (Å²) in [4.78, 5) is 16.5. The summed E-state index contributed by atoms with van der Waals surface area (Å²) in [6.07, 6.45) is 0.922. The maximum absolute atomic E-state index is 11.9. The van der Waals surface area contributed by atoms with Crippen molar-refractivity contribution in [2.24, 2.45) is 0 Å². The van der Waals surface area contributed by atoms with Gasteiger partial charge in [0, 0.05) is 0 Å². The standard InChI is InChI=1S/C17H16N2O2S/c1-2-12-7-6-10-14-16(12)19-17(22-14)18-15(20)11-21-13-8-4-3-5-9-13/h3-10H,2,11H2,1H3,(H,18,19,20). The van der Waals surface area contributed by atoms with Crippen LogP contribution < -0.4 is 10.1 Å². The molecular formula is C17H16N2O2S. The number of carbonyl (C=O) groups excluding carboxylic acids is 1. The number of fused-ring (bicyclic) bond motifs is 1. The van der Waals surface area contributed by atoms with Gasteiger partial charge in [-0.25, -0.2) is 4.98 Å². The summed E-state index contributed by atoms with van der Waals surface area (Å²) in [5.74, 6) is 0.469. The molecule has 2 aromatic carbocycles. The zero-order valence-electron chi connectivity index (χ0n) is 12.2. The molecule has 3 rings (SSSR count). The minimum atomic E-state index is -0.207. The molecular weight excluding hydrogens is 296 g/mol. The van der Waals surface area contributed by atoms with Crippen LogP contribution in [0.2, 0.25) is 0 Å². The van der Waals surface area contributed by atoms with E-state index in [1.54, 1.807) is 0 Å². The molecule has 112 valence electrons. The SMILES string of the molecule is CCc1cccc2sc(NC(=O)COc3ccccc3)nc12. The molecule has 0 unspecified atom stereocenters. The van der Waals surface area contributed by atoms with E-state index in [4.69, 9.17) is 4.74 Å². The van der Waals surface area contributed by atoms with Crippen molar-refractivity contribution in [1.82, 2.24) is 4.98 Å². The van der Waals surface area contributed by atoms with Crippen molar-refractivity contribution < 1.29 is 9.53 Å². The summed E-state index contributed by atoms with van der Waals surface area (Å²) < 4.78 is 6.51. The molecule has 0 aliphatic rings. The number of ether oxygens (including phenoxy) is 1. The number of nitrogens with zero attached hydrogens (tertiary/aromatic N) is 1. The van der Waals surface area contributed by atoms with Crippen LogP contribution in [-0.4, -0.2) is 17.5 Å². The van der Waals surface area contributed by atoms with Crippen LogP contribution in [0.25, 0.3) is 10.2 Å². The van der Waals surface area contributed by atoms with E-state index in [0.29, 0.717) is 10.9 Å². The van der Waals surface area contributed by atoms with E-state index in [2.05, 4.69) is 23.3 Å². The first kappa shape index (κ1) is 14.5. The van der Waals surface area contributed by atoms with Gasteiger partial charge in [-0.05, 0) is 30.2 Å². The van der Waals surface area contributed by atoms with Crippen LogP contribution in [0.3, 0.4) is 0 Å². The number of nitrogens with one attached hydrogen (secondary N) is 1. The van der Waals surface area contributed by atoms with Crippen molar-refractivity contribution in [3.8, 4) is 5.75 Å². The highest BCUT2D eigenvalue weighted by molar-refractivity contribution is 7.22. The second-order valence-corrected chi connectivity index (χ2v) is 5.82. The third-order valence-corrected chi connectivity index (χ3v) is 4.18. The molecule has 4 nitrogen and oxygen atoms in total. The van der Waals surface area contributed by atoms with E-state index in [-0.39, 0.29) is 12.5 Å². The highest BCUT2D eigenvalue weighted by Crippen LogP contribution is 2.28. The number of hydrogen-bond donors (Lipinski definition) is 1. The monoisotopic (exact) mass is 312 g/mol. The number of para-hydroxylation sites is 2.